The second-order valence-electron chi connectivity index (χ2n) is 3.53. The lowest BCUT2D eigenvalue weighted by molar-refractivity contribution is 0.102. The summed E-state index contributed by atoms with van der Waals surface area (Å²) in [5.74, 6) is 0.325. The number of halogens is 2. The molecular formula is C12H9BrClN3O2. The van der Waals surface area contributed by atoms with E-state index in [1.165, 1.54) is 12.4 Å². The number of ether oxygens (including phenoxy) is 1. The van der Waals surface area contributed by atoms with Crippen LogP contribution in [0.4, 0.5) is 5.69 Å². The smallest absolute Gasteiger partial charge is 0.275 e. The lowest BCUT2D eigenvalue weighted by Crippen LogP contribution is -2.13. The fraction of sp³-hybridized carbons (Fsp3) is 0.0833. The third-order valence-corrected chi connectivity index (χ3v) is 3.08. The maximum Gasteiger partial charge on any atom is 0.275 e. The van der Waals surface area contributed by atoms with Gasteiger partial charge in [-0.2, -0.15) is 0 Å². The Morgan fingerprint density at radius 1 is 1.37 bits per heavy atom. The molecule has 0 radical (unpaired) electrons. The Kier molecular flexibility index (Phi) is 4.34. The minimum absolute atomic E-state index is 0.191. The molecule has 7 heteroatoms. The van der Waals surface area contributed by atoms with Gasteiger partial charge in [0.2, 0.25) is 0 Å². The number of nitrogens with one attached hydrogen (secondary N) is 1. The van der Waals surface area contributed by atoms with Crippen LogP contribution in [0.25, 0.3) is 0 Å². The van der Waals surface area contributed by atoms with Crippen LogP contribution in [-0.2, 0) is 0 Å². The molecule has 2 aromatic rings. The first-order chi connectivity index (χ1) is 9.10. The summed E-state index contributed by atoms with van der Waals surface area (Å²) in [6.07, 6.45) is 2.64. The Bertz CT molecular complexity index is 604. The molecule has 1 N–H and O–H groups in total. The summed E-state index contributed by atoms with van der Waals surface area (Å²) < 4.78 is 5.85. The number of amides is 1. The zero-order valence-electron chi connectivity index (χ0n) is 9.85. The van der Waals surface area contributed by atoms with E-state index in [1.54, 1.807) is 25.3 Å². The van der Waals surface area contributed by atoms with Gasteiger partial charge in [-0.1, -0.05) is 11.6 Å². The minimum atomic E-state index is -0.360. The number of anilines is 1. The molecule has 2 rings (SSSR count). The Hall–Kier alpha value is -1.66. The highest BCUT2D eigenvalue weighted by Crippen LogP contribution is 2.27. The van der Waals surface area contributed by atoms with Crippen molar-refractivity contribution in [2.24, 2.45) is 0 Å². The number of carbonyl (C=O) groups is 1. The molecule has 0 spiro atoms. The van der Waals surface area contributed by atoms with Gasteiger partial charge in [0, 0.05) is 5.69 Å². The molecule has 1 aromatic heterocycles. The van der Waals surface area contributed by atoms with E-state index in [2.05, 4.69) is 31.2 Å². The predicted molar refractivity (Wildman–Crippen MR) is 75.7 cm³/mol. The SMILES string of the molecule is COc1ccc(NC(=O)c2cnc(Cl)cn2)cc1Br. The van der Waals surface area contributed by atoms with Gasteiger partial charge in [-0.05, 0) is 34.1 Å². The first-order valence-corrected chi connectivity index (χ1v) is 6.39. The first kappa shape index (κ1) is 13.8. The largest absolute Gasteiger partial charge is 0.496 e. The molecule has 0 aliphatic rings. The number of benzene rings is 1. The molecule has 0 unspecified atom stereocenters. The standard InChI is InChI=1S/C12H9BrClN3O2/c1-19-10-3-2-7(4-8(10)13)17-12(18)9-5-16-11(14)6-15-9/h2-6H,1H3,(H,17,18). The maximum absolute atomic E-state index is 11.9. The topological polar surface area (TPSA) is 64.1 Å². The lowest BCUT2D eigenvalue weighted by atomic mass is 10.3. The molecule has 19 heavy (non-hydrogen) atoms. The normalized spacial score (nSPS) is 10.1. The van der Waals surface area contributed by atoms with Crippen LogP contribution in [0.15, 0.2) is 35.1 Å². The van der Waals surface area contributed by atoms with E-state index in [-0.39, 0.29) is 16.8 Å². The van der Waals surface area contributed by atoms with Gasteiger partial charge in [-0.15, -0.1) is 0 Å². The third kappa shape index (κ3) is 3.42. The van der Waals surface area contributed by atoms with E-state index in [4.69, 9.17) is 16.3 Å². The Balaban J connectivity index is 2.14. The molecule has 0 aliphatic heterocycles. The Morgan fingerprint density at radius 2 is 2.16 bits per heavy atom. The maximum atomic E-state index is 11.9. The highest BCUT2D eigenvalue weighted by molar-refractivity contribution is 9.10. The molecule has 1 heterocycles. The lowest BCUT2D eigenvalue weighted by Gasteiger charge is -2.07. The van der Waals surface area contributed by atoms with Crippen molar-refractivity contribution in [1.29, 1.82) is 0 Å². The molecule has 0 saturated heterocycles. The van der Waals surface area contributed by atoms with Crippen LogP contribution in [0.2, 0.25) is 5.15 Å². The fourth-order valence-electron chi connectivity index (χ4n) is 1.37. The molecule has 5 nitrogen and oxygen atoms in total. The molecule has 0 bridgehead atoms. The Labute approximate surface area is 123 Å². The van der Waals surface area contributed by atoms with Crippen molar-refractivity contribution >= 4 is 39.1 Å². The van der Waals surface area contributed by atoms with E-state index >= 15 is 0 Å². The summed E-state index contributed by atoms with van der Waals surface area (Å²) in [4.78, 5) is 19.6. The van der Waals surface area contributed by atoms with Gasteiger partial charge in [-0.3, -0.25) is 4.79 Å². The van der Waals surface area contributed by atoms with E-state index < -0.39 is 0 Å². The van der Waals surface area contributed by atoms with Crippen molar-refractivity contribution in [3.8, 4) is 5.75 Å². The number of hydrogen-bond donors (Lipinski definition) is 1. The second-order valence-corrected chi connectivity index (χ2v) is 4.77. The fourth-order valence-corrected chi connectivity index (χ4v) is 2.01. The van der Waals surface area contributed by atoms with Gasteiger partial charge in [-0.25, -0.2) is 9.97 Å². The number of rotatable bonds is 3. The van der Waals surface area contributed by atoms with Crippen LogP contribution >= 0.6 is 27.5 Å². The van der Waals surface area contributed by atoms with Crippen molar-refractivity contribution in [2.75, 3.05) is 12.4 Å². The average Bonchev–Trinajstić information content (AvgIpc) is 2.39. The Morgan fingerprint density at radius 3 is 2.74 bits per heavy atom. The van der Waals surface area contributed by atoms with Crippen molar-refractivity contribution in [3.05, 3.63) is 45.9 Å². The number of hydrogen-bond acceptors (Lipinski definition) is 4. The van der Waals surface area contributed by atoms with E-state index in [1.807, 2.05) is 0 Å². The van der Waals surface area contributed by atoms with Crippen LogP contribution in [0.1, 0.15) is 10.5 Å². The van der Waals surface area contributed by atoms with E-state index in [9.17, 15) is 4.79 Å². The van der Waals surface area contributed by atoms with Crippen molar-refractivity contribution < 1.29 is 9.53 Å². The van der Waals surface area contributed by atoms with Crippen molar-refractivity contribution in [1.82, 2.24) is 9.97 Å². The number of carbonyl (C=O) groups excluding carboxylic acids is 1. The van der Waals surface area contributed by atoms with Gasteiger partial charge in [0.15, 0.2) is 0 Å². The van der Waals surface area contributed by atoms with Crippen LogP contribution in [-0.4, -0.2) is 23.0 Å². The molecule has 0 aliphatic carbocycles. The zero-order chi connectivity index (χ0) is 13.8. The van der Waals surface area contributed by atoms with Gasteiger partial charge in [0.1, 0.15) is 16.6 Å². The van der Waals surface area contributed by atoms with E-state index in [0.29, 0.717) is 11.4 Å². The summed E-state index contributed by atoms with van der Waals surface area (Å²) in [6, 6.07) is 5.21. The van der Waals surface area contributed by atoms with Crippen LogP contribution in [0, 0.1) is 0 Å². The van der Waals surface area contributed by atoms with Gasteiger partial charge in [0.05, 0.1) is 24.0 Å². The third-order valence-electron chi connectivity index (χ3n) is 2.26. The monoisotopic (exact) mass is 341 g/mol. The number of methoxy groups -OCH3 is 1. The summed E-state index contributed by atoms with van der Waals surface area (Å²) in [5, 5.41) is 2.94. The molecule has 0 fully saturated rings. The molecule has 0 atom stereocenters. The summed E-state index contributed by atoms with van der Waals surface area (Å²) >= 11 is 8.95. The van der Waals surface area contributed by atoms with Crippen LogP contribution in [0.5, 0.6) is 5.75 Å². The molecule has 98 valence electrons. The number of nitrogens with zero attached hydrogens (tertiary/aromatic N) is 2. The van der Waals surface area contributed by atoms with E-state index in [0.717, 1.165) is 4.47 Å². The molecule has 1 amide bonds. The summed E-state index contributed by atoms with van der Waals surface area (Å²) in [7, 11) is 1.57. The highest BCUT2D eigenvalue weighted by atomic mass is 79.9. The predicted octanol–water partition coefficient (Wildman–Crippen LogP) is 3.15. The molecule has 1 aromatic carbocycles. The molecule has 0 saturated carbocycles. The molecular weight excluding hydrogens is 334 g/mol. The average molecular weight is 343 g/mol. The van der Waals surface area contributed by atoms with Crippen LogP contribution < -0.4 is 10.1 Å². The second kappa shape index (κ2) is 5.99. The summed E-state index contributed by atoms with van der Waals surface area (Å²) in [6.45, 7) is 0. The van der Waals surface area contributed by atoms with Crippen molar-refractivity contribution in [3.63, 3.8) is 0 Å². The van der Waals surface area contributed by atoms with Crippen molar-refractivity contribution in [2.45, 2.75) is 0 Å². The number of aromatic nitrogens is 2. The van der Waals surface area contributed by atoms with Gasteiger partial charge >= 0.3 is 0 Å². The first-order valence-electron chi connectivity index (χ1n) is 5.22. The quantitative estimate of drug-likeness (QED) is 0.930. The van der Waals surface area contributed by atoms with Gasteiger partial charge < -0.3 is 10.1 Å². The van der Waals surface area contributed by atoms with Crippen LogP contribution in [0.3, 0.4) is 0 Å². The zero-order valence-corrected chi connectivity index (χ0v) is 12.2. The summed E-state index contributed by atoms with van der Waals surface area (Å²) in [5.41, 5.74) is 0.811. The van der Waals surface area contributed by atoms with Gasteiger partial charge in [0.25, 0.3) is 5.91 Å². The highest BCUT2D eigenvalue weighted by Gasteiger charge is 2.09. The minimum Gasteiger partial charge on any atom is -0.496 e.